The average molecular weight is 698 g/mol. The molecule has 0 spiro atoms. The minimum atomic E-state index is -0.963. The monoisotopic (exact) mass is 697 g/mol. The number of methoxy groups -OCH3 is 1. The molecule has 9 atom stereocenters. The maximum Gasteiger partial charge on any atom is 0.352 e. The van der Waals surface area contributed by atoms with E-state index in [-0.39, 0.29) is 25.5 Å². The molecule has 4 aromatic rings. The SMILES string of the molecule is COc1ccn([C@H]2C[C@@H](OCc3ccccc3)[C@H](O[C@H]3O[C@H](C)[C@@H](N=[N+]=[N-])[C@H](OCc4ccccc4)[C@H]3OCc3ccccc3)[C@@H](C)O2)c(=O)n1. The lowest BCUT2D eigenvalue weighted by Crippen LogP contribution is -2.61. The second-order valence-corrected chi connectivity index (χ2v) is 12.6. The van der Waals surface area contributed by atoms with E-state index in [2.05, 4.69) is 15.0 Å². The van der Waals surface area contributed by atoms with Gasteiger partial charge in [0.1, 0.15) is 24.5 Å². The standard InChI is InChI=1S/C38H43N5O8/c1-25-33(41-42-39)35(47-23-28-15-9-5-10-16-28)36(48-24-29-17-11-6-12-18-29)37(50-25)51-34-26(2)49-32(43-20-19-31(45-3)40-38(43)44)21-30(34)46-22-27-13-7-4-8-14-27/h4-20,25-26,30,32-37H,21-24H2,1-3H3/t25-,26-,30-,32-,33-,34-,35+,36-,37-/m1/s1. The molecular weight excluding hydrogens is 654 g/mol. The van der Waals surface area contributed by atoms with Gasteiger partial charge in [0.2, 0.25) is 5.88 Å². The van der Waals surface area contributed by atoms with Crippen molar-refractivity contribution >= 4 is 0 Å². The summed E-state index contributed by atoms with van der Waals surface area (Å²) in [5.74, 6) is 0.214. The first kappa shape index (κ1) is 36.2. The Morgan fingerprint density at radius 2 is 1.35 bits per heavy atom. The Morgan fingerprint density at radius 1 is 0.784 bits per heavy atom. The molecule has 2 aliphatic heterocycles. The molecule has 0 N–H and O–H groups in total. The minimum absolute atomic E-state index is 0.214. The first-order valence-electron chi connectivity index (χ1n) is 17.0. The summed E-state index contributed by atoms with van der Waals surface area (Å²) in [6.45, 7) is 4.49. The van der Waals surface area contributed by atoms with Crippen molar-refractivity contribution < 1.29 is 33.2 Å². The molecule has 0 saturated carbocycles. The second kappa shape index (κ2) is 17.6. The van der Waals surface area contributed by atoms with Gasteiger partial charge in [-0.25, -0.2) is 4.79 Å². The van der Waals surface area contributed by atoms with Crippen molar-refractivity contribution in [3.05, 3.63) is 141 Å². The number of ether oxygens (including phenoxy) is 7. The highest BCUT2D eigenvalue weighted by Gasteiger charge is 2.49. The third-order valence-corrected chi connectivity index (χ3v) is 9.07. The van der Waals surface area contributed by atoms with Crippen molar-refractivity contribution in [2.24, 2.45) is 5.11 Å². The van der Waals surface area contributed by atoms with Gasteiger partial charge in [0.05, 0.1) is 51.3 Å². The van der Waals surface area contributed by atoms with Crippen LogP contribution in [0, 0.1) is 0 Å². The van der Waals surface area contributed by atoms with E-state index in [9.17, 15) is 10.3 Å². The predicted octanol–water partition coefficient (Wildman–Crippen LogP) is 6.12. The molecule has 3 heterocycles. The molecule has 6 rings (SSSR count). The van der Waals surface area contributed by atoms with E-state index >= 15 is 0 Å². The van der Waals surface area contributed by atoms with E-state index in [1.54, 1.807) is 12.3 Å². The van der Waals surface area contributed by atoms with Crippen LogP contribution in [0.2, 0.25) is 0 Å². The van der Waals surface area contributed by atoms with Crippen molar-refractivity contribution in [2.75, 3.05) is 7.11 Å². The van der Waals surface area contributed by atoms with Gasteiger partial charge in [-0.2, -0.15) is 4.98 Å². The van der Waals surface area contributed by atoms with Gasteiger partial charge < -0.3 is 33.2 Å². The van der Waals surface area contributed by atoms with Crippen LogP contribution >= 0.6 is 0 Å². The summed E-state index contributed by atoms with van der Waals surface area (Å²) in [4.78, 5) is 20.1. The molecule has 2 saturated heterocycles. The van der Waals surface area contributed by atoms with Crippen molar-refractivity contribution in [2.45, 2.75) is 95.3 Å². The molecule has 13 nitrogen and oxygen atoms in total. The molecule has 2 fully saturated rings. The summed E-state index contributed by atoms with van der Waals surface area (Å²) in [7, 11) is 1.46. The molecule has 1 aromatic heterocycles. The summed E-state index contributed by atoms with van der Waals surface area (Å²) in [5, 5.41) is 4.10. The predicted molar refractivity (Wildman–Crippen MR) is 186 cm³/mol. The summed E-state index contributed by atoms with van der Waals surface area (Å²) < 4.78 is 46.0. The minimum Gasteiger partial charge on any atom is -0.481 e. The van der Waals surface area contributed by atoms with Gasteiger partial charge in [0.25, 0.3) is 0 Å². The molecule has 0 unspecified atom stereocenters. The molecule has 268 valence electrons. The van der Waals surface area contributed by atoms with Crippen LogP contribution in [-0.4, -0.2) is 65.6 Å². The number of benzene rings is 3. The molecule has 0 aliphatic carbocycles. The third-order valence-electron chi connectivity index (χ3n) is 9.07. The molecule has 13 heteroatoms. The van der Waals surface area contributed by atoms with Gasteiger partial charge in [0, 0.05) is 23.6 Å². The lowest BCUT2D eigenvalue weighted by Gasteiger charge is -2.47. The Kier molecular flexibility index (Phi) is 12.5. The zero-order chi connectivity index (χ0) is 35.6. The summed E-state index contributed by atoms with van der Waals surface area (Å²) in [5.41, 5.74) is 11.9. The molecule has 0 amide bonds. The number of rotatable bonds is 14. The summed E-state index contributed by atoms with van der Waals surface area (Å²) >= 11 is 0. The largest absolute Gasteiger partial charge is 0.481 e. The van der Waals surface area contributed by atoms with Gasteiger partial charge in [-0.15, -0.1) is 0 Å². The van der Waals surface area contributed by atoms with Gasteiger partial charge in [0.15, 0.2) is 6.29 Å². The van der Waals surface area contributed by atoms with Crippen LogP contribution < -0.4 is 10.4 Å². The van der Waals surface area contributed by atoms with Crippen molar-refractivity contribution in [3.63, 3.8) is 0 Å². The van der Waals surface area contributed by atoms with Crippen LogP contribution in [0.3, 0.4) is 0 Å². The van der Waals surface area contributed by atoms with Gasteiger partial charge in [-0.05, 0) is 36.1 Å². The highest BCUT2D eigenvalue weighted by atomic mass is 16.7. The van der Waals surface area contributed by atoms with Crippen molar-refractivity contribution in [3.8, 4) is 5.88 Å². The summed E-state index contributed by atoms with van der Waals surface area (Å²) in [6, 6.07) is 30.2. The average Bonchev–Trinajstić information content (AvgIpc) is 3.16. The molecule has 3 aromatic carbocycles. The van der Waals surface area contributed by atoms with E-state index in [0.717, 1.165) is 16.7 Å². The Labute approximate surface area is 296 Å². The molecule has 51 heavy (non-hydrogen) atoms. The number of hydrogen-bond acceptors (Lipinski definition) is 10. The smallest absolute Gasteiger partial charge is 0.352 e. The number of nitrogens with zero attached hydrogens (tertiary/aromatic N) is 5. The number of hydrogen-bond donors (Lipinski definition) is 0. The van der Waals surface area contributed by atoms with Crippen LogP contribution in [0.5, 0.6) is 5.88 Å². The third kappa shape index (κ3) is 9.21. The zero-order valence-corrected chi connectivity index (χ0v) is 28.8. The lowest BCUT2D eigenvalue weighted by atomic mass is 9.96. The van der Waals surface area contributed by atoms with Crippen LogP contribution in [-0.2, 0) is 48.2 Å². The van der Waals surface area contributed by atoms with Crippen molar-refractivity contribution in [1.29, 1.82) is 0 Å². The molecule has 2 aliphatic rings. The summed E-state index contributed by atoms with van der Waals surface area (Å²) in [6.07, 6.45) is -3.64. The van der Waals surface area contributed by atoms with Gasteiger partial charge >= 0.3 is 5.69 Å². The highest BCUT2D eigenvalue weighted by Crippen LogP contribution is 2.36. The maximum atomic E-state index is 13.0. The Balaban J connectivity index is 1.30. The van der Waals surface area contributed by atoms with Crippen LogP contribution in [0.4, 0.5) is 0 Å². The molecule has 0 radical (unpaired) electrons. The molecule has 0 bridgehead atoms. The maximum absolute atomic E-state index is 13.0. The second-order valence-electron chi connectivity index (χ2n) is 12.6. The topological polar surface area (TPSA) is 148 Å². The fraction of sp³-hybridized carbons (Fsp3) is 0.421. The lowest BCUT2D eigenvalue weighted by molar-refractivity contribution is -0.330. The van der Waals surface area contributed by atoms with Crippen LogP contribution in [0.1, 0.15) is 43.2 Å². The Morgan fingerprint density at radius 3 is 1.90 bits per heavy atom. The van der Waals surface area contributed by atoms with E-state index in [1.807, 2.05) is 105 Å². The molecular formula is C38H43N5O8. The van der Waals surface area contributed by atoms with E-state index in [1.165, 1.54) is 11.7 Å². The van der Waals surface area contributed by atoms with Gasteiger partial charge in [-0.1, -0.05) is 96.1 Å². The van der Waals surface area contributed by atoms with Crippen LogP contribution in [0.15, 0.2) is 113 Å². The quantitative estimate of drug-likeness (QED) is 0.0863. The number of aromatic nitrogens is 2. The Hall–Kier alpha value is -4.59. The van der Waals surface area contributed by atoms with E-state index < -0.39 is 60.9 Å². The highest BCUT2D eigenvalue weighted by molar-refractivity contribution is 5.16. The fourth-order valence-corrected chi connectivity index (χ4v) is 6.43. The first-order valence-corrected chi connectivity index (χ1v) is 17.0. The fourth-order valence-electron chi connectivity index (χ4n) is 6.43. The van der Waals surface area contributed by atoms with Crippen LogP contribution in [0.25, 0.3) is 10.4 Å². The Bertz CT molecular complexity index is 1780. The van der Waals surface area contributed by atoms with Crippen molar-refractivity contribution in [1.82, 2.24) is 9.55 Å². The van der Waals surface area contributed by atoms with E-state index in [4.69, 9.17) is 33.2 Å². The number of azide groups is 1. The zero-order valence-electron chi connectivity index (χ0n) is 28.8. The normalized spacial score (nSPS) is 27.7. The van der Waals surface area contributed by atoms with Gasteiger partial charge in [-0.3, -0.25) is 4.57 Å². The van der Waals surface area contributed by atoms with E-state index in [0.29, 0.717) is 6.61 Å². The first-order chi connectivity index (χ1) is 24.9.